The van der Waals surface area contributed by atoms with Crippen molar-refractivity contribution in [3.63, 3.8) is 0 Å². The molecule has 2 aromatic rings. The molecule has 2 heterocycles. The van der Waals surface area contributed by atoms with E-state index in [-0.39, 0.29) is 11.9 Å². The van der Waals surface area contributed by atoms with Crippen LogP contribution >= 0.6 is 34.5 Å². The monoisotopic (exact) mass is 384 g/mol. The third-order valence-corrected chi connectivity index (χ3v) is 5.71. The quantitative estimate of drug-likeness (QED) is 0.850. The van der Waals surface area contributed by atoms with E-state index in [1.54, 1.807) is 29.5 Å². The van der Waals surface area contributed by atoms with Crippen molar-refractivity contribution in [2.45, 2.75) is 6.04 Å². The zero-order valence-corrected chi connectivity index (χ0v) is 15.3. The average Bonchev–Trinajstić information content (AvgIpc) is 3.12. The number of nitrogens with zero attached hydrogens (tertiary/aromatic N) is 1. The number of nitrogens with one attached hydrogen (secondary N) is 1. The van der Waals surface area contributed by atoms with Gasteiger partial charge in [0.15, 0.2) is 0 Å². The predicted molar refractivity (Wildman–Crippen MR) is 98.2 cm³/mol. The molecule has 0 saturated carbocycles. The van der Waals surface area contributed by atoms with Gasteiger partial charge in [-0.1, -0.05) is 29.3 Å². The van der Waals surface area contributed by atoms with Gasteiger partial charge in [0.2, 0.25) is 0 Å². The van der Waals surface area contributed by atoms with E-state index in [1.807, 2.05) is 6.07 Å². The molecule has 0 radical (unpaired) electrons. The summed E-state index contributed by atoms with van der Waals surface area (Å²) in [5.74, 6) is -0.150. The van der Waals surface area contributed by atoms with Crippen molar-refractivity contribution in [3.8, 4) is 0 Å². The standard InChI is InChI=1S/C17H18Cl2N2O2S/c18-13-4-3-12(10-14(13)19)17(22)20-11-15(16-2-1-9-24-16)21-5-7-23-8-6-21/h1-4,9-10,15H,5-8,11H2,(H,20,22). The van der Waals surface area contributed by atoms with E-state index >= 15 is 0 Å². The van der Waals surface area contributed by atoms with Crippen LogP contribution in [0.4, 0.5) is 0 Å². The Bertz CT molecular complexity index is 688. The lowest BCUT2D eigenvalue weighted by Gasteiger charge is -2.34. The van der Waals surface area contributed by atoms with Gasteiger partial charge < -0.3 is 10.1 Å². The van der Waals surface area contributed by atoms with Gasteiger partial charge in [0, 0.05) is 30.1 Å². The summed E-state index contributed by atoms with van der Waals surface area (Å²) >= 11 is 13.6. The Kier molecular flexibility index (Phi) is 6.14. The lowest BCUT2D eigenvalue weighted by Crippen LogP contribution is -2.43. The Hall–Kier alpha value is -1.11. The summed E-state index contributed by atoms with van der Waals surface area (Å²) in [7, 11) is 0. The highest BCUT2D eigenvalue weighted by Crippen LogP contribution is 2.26. The normalized spacial score (nSPS) is 16.8. The van der Waals surface area contributed by atoms with Crippen LogP contribution in [0, 0.1) is 0 Å². The Balaban J connectivity index is 1.68. The summed E-state index contributed by atoms with van der Waals surface area (Å²) in [6.45, 7) is 3.72. The van der Waals surface area contributed by atoms with E-state index in [0.29, 0.717) is 22.2 Å². The summed E-state index contributed by atoms with van der Waals surface area (Å²) in [6, 6.07) is 9.20. The lowest BCUT2D eigenvalue weighted by molar-refractivity contribution is 0.0169. The molecule has 3 rings (SSSR count). The SMILES string of the molecule is O=C(NCC(c1cccs1)N1CCOCC1)c1ccc(Cl)c(Cl)c1. The molecule has 1 atom stereocenters. The molecule has 4 nitrogen and oxygen atoms in total. The number of thiophene rings is 1. The molecule has 1 amide bonds. The second kappa shape index (κ2) is 8.32. The number of rotatable bonds is 5. The number of hydrogen-bond acceptors (Lipinski definition) is 4. The number of ether oxygens (including phenoxy) is 1. The topological polar surface area (TPSA) is 41.6 Å². The van der Waals surface area contributed by atoms with Crippen LogP contribution in [0.2, 0.25) is 10.0 Å². The van der Waals surface area contributed by atoms with Gasteiger partial charge in [0.05, 0.1) is 29.3 Å². The molecule has 0 spiro atoms. The minimum Gasteiger partial charge on any atom is -0.379 e. The van der Waals surface area contributed by atoms with Crippen LogP contribution in [-0.2, 0) is 4.74 Å². The minimum absolute atomic E-state index is 0.150. The van der Waals surface area contributed by atoms with E-state index in [2.05, 4.69) is 21.7 Å². The van der Waals surface area contributed by atoms with Crippen molar-refractivity contribution in [1.29, 1.82) is 0 Å². The van der Waals surface area contributed by atoms with E-state index in [0.717, 1.165) is 26.3 Å². The number of hydrogen-bond donors (Lipinski definition) is 1. The van der Waals surface area contributed by atoms with Gasteiger partial charge in [-0.05, 0) is 29.6 Å². The molecular formula is C17H18Cl2N2O2S. The molecule has 0 bridgehead atoms. The zero-order chi connectivity index (χ0) is 16.9. The fraction of sp³-hybridized carbons (Fsp3) is 0.353. The first-order chi connectivity index (χ1) is 11.6. The molecule has 128 valence electrons. The second-order valence-corrected chi connectivity index (χ2v) is 7.31. The molecule has 1 aromatic carbocycles. The van der Waals surface area contributed by atoms with E-state index in [9.17, 15) is 4.79 Å². The maximum Gasteiger partial charge on any atom is 0.251 e. The Morgan fingerprint density at radius 2 is 2.04 bits per heavy atom. The molecule has 24 heavy (non-hydrogen) atoms. The summed E-state index contributed by atoms with van der Waals surface area (Å²) < 4.78 is 5.43. The summed E-state index contributed by atoms with van der Waals surface area (Å²) in [4.78, 5) is 16.0. The highest BCUT2D eigenvalue weighted by atomic mass is 35.5. The molecule has 0 aliphatic carbocycles. The van der Waals surface area contributed by atoms with E-state index < -0.39 is 0 Å². The first-order valence-corrected chi connectivity index (χ1v) is 9.37. The van der Waals surface area contributed by atoms with Crippen LogP contribution in [0.5, 0.6) is 0 Å². The number of halogens is 2. The maximum atomic E-state index is 12.4. The largest absolute Gasteiger partial charge is 0.379 e. The van der Waals surface area contributed by atoms with Crippen molar-refractivity contribution < 1.29 is 9.53 Å². The summed E-state index contributed by atoms with van der Waals surface area (Å²) in [5, 5.41) is 5.90. The number of carbonyl (C=O) groups is 1. The van der Waals surface area contributed by atoms with Crippen LogP contribution in [0.25, 0.3) is 0 Å². The summed E-state index contributed by atoms with van der Waals surface area (Å²) in [5.41, 5.74) is 0.510. The second-order valence-electron chi connectivity index (χ2n) is 5.52. The van der Waals surface area contributed by atoms with Crippen LogP contribution in [0.15, 0.2) is 35.7 Å². The third-order valence-electron chi connectivity index (χ3n) is 4.00. The molecule has 1 aliphatic rings. The molecule has 7 heteroatoms. The van der Waals surface area contributed by atoms with Crippen LogP contribution < -0.4 is 5.32 Å². The highest BCUT2D eigenvalue weighted by Gasteiger charge is 2.24. The first kappa shape index (κ1) is 17.7. The van der Waals surface area contributed by atoms with Gasteiger partial charge in [-0.15, -0.1) is 11.3 Å². The van der Waals surface area contributed by atoms with Gasteiger partial charge in [-0.3, -0.25) is 9.69 Å². The fourth-order valence-corrected chi connectivity index (χ4v) is 3.87. The Morgan fingerprint density at radius 3 is 2.71 bits per heavy atom. The van der Waals surface area contributed by atoms with Crippen molar-refractivity contribution in [2.75, 3.05) is 32.8 Å². The summed E-state index contributed by atoms with van der Waals surface area (Å²) in [6.07, 6.45) is 0. The molecule has 1 fully saturated rings. The van der Waals surface area contributed by atoms with Crippen LogP contribution in [0.3, 0.4) is 0 Å². The van der Waals surface area contributed by atoms with Gasteiger partial charge in [0.25, 0.3) is 5.91 Å². The number of carbonyl (C=O) groups excluding carboxylic acids is 1. The van der Waals surface area contributed by atoms with Gasteiger partial charge in [-0.2, -0.15) is 0 Å². The van der Waals surface area contributed by atoms with Crippen molar-refractivity contribution in [1.82, 2.24) is 10.2 Å². The molecule has 1 N–H and O–H groups in total. The smallest absolute Gasteiger partial charge is 0.251 e. The number of benzene rings is 1. The van der Waals surface area contributed by atoms with Gasteiger partial charge in [0.1, 0.15) is 0 Å². The molecule has 1 aliphatic heterocycles. The minimum atomic E-state index is -0.150. The Morgan fingerprint density at radius 1 is 1.25 bits per heavy atom. The first-order valence-electron chi connectivity index (χ1n) is 7.73. The number of morpholine rings is 1. The average molecular weight is 385 g/mol. The van der Waals surface area contributed by atoms with Crippen molar-refractivity contribution in [2.24, 2.45) is 0 Å². The third kappa shape index (κ3) is 4.29. The molecule has 1 saturated heterocycles. The Labute approximate surface area is 155 Å². The predicted octanol–water partition coefficient (Wildman–Crippen LogP) is 3.86. The van der Waals surface area contributed by atoms with Gasteiger partial charge >= 0.3 is 0 Å². The van der Waals surface area contributed by atoms with E-state index in [4.69, 9.17) is 27.9 Å². The van der Waals surface area contributed by atoms with Crippen molar-refractivity contribution >= 4 is 40.4 Å². The molecule has 1 unspecified atom stereocenters. The van der Waals surface area contributed by atoms with E-state index in [1.165, 1.54) is 4.88 Å². The highest BCUT2D eigenvalue weighted by molar-refractivity contribution is 7.10. The maximum absolute atomic E-state index is 12.4. The lowest BCUT2D eigenvalue weighted by atomic mass is 10.1. The fourth-order valence-electron chi connectivity index (χ4n) is 2.71. The zero-order valence-electron chi connectivity index (χ0n) is 13.0. The van der Waals surface area contributed by atoms with Gasteiger partial charge in [-0.25, -0.2) is 0 Å². The number of amides is 1. The van der Waals surface area contributed by atoms with Crippen molar-refractivity contribution in [3.05, 3.63) is 56.2 Å². The molecular weight excluding hydrogens is 367 g/mol. The van der Waals surface area contributed by atoms with Crippen LogP contribution in [-0.4, -0.2) is 43.7 Å². The van der Waals surface area contributed by atoms with Crippen LogP contribution in [0.1, 0.15) is 21.3 Å². The molecule has 1 aromatic heterocycles.